The number of amides is 1. The normalized spacial score (nSPS) is 15.1. The fraction of sp³-hybridized carbons (Fsp3) is 0.360. The lowest BCUT2D eigenvalue weighted by Gasteiger charge is -2.32. The van der Waals surface area contributed by atoms with Gasteiger partial charge in [-0.05, 0) is 68.7 Å². The van der Waals surface area contributed by atoms with Crippen LogP contribution in [0, 0.1) is 13.8 Å². The molecule has 0 bridgehead atoms. The number of carbonyl (C=O) groups excluding carboxylic acids is 1. The summed E-state index contributed by atoms with van der Waals surface area (Å²) in [5, 5.41) is 9.33. The van der Waals surface area contributed by atoms with Crippen LogP contribution >= 0.6 is 23.2 Å². The molecule has 0 saturated carbocycles. The Morgan fingerprint density at radius 1 is 1.00 bits per heavy atom. The lowest BCUT2D eigenvalue weighted by atomic mass is 10.0. The number of likely N-dealkylation sites (tertiary alicyclic amines) is 1. The molecule has 1 amide bonds. The van der Waals surface area contributed by atoms with Gasteiger partial charge < -0.3 is 5.32 Å². The molecule has 1 N–H and O–H groups in total. The Morgan fingerprint density at radius 3 is 2.22 bits per heavy atom. The maximum Gasteiger partial charge on any atom is 0.224 e. The number of benzene rings is 2. The standard InChI is InChI=1S/C25H28Cl2N4O/c1-17-24(18(2)31(29-17)23-9-7-21(27)8-10-23)15-25(32)28-22-11-13-30(14-12-22)16-19-3-5-20(26)6-4-19/h3-10,22H,11-16H2,1-2H3,(H,28,32). The Bertz CT molecular complexity index is 1070. The highest BCUT2D eigenvalue weighted by molar-refractivity contribution is 6.30. The summed E-state index contributed by atoms with van der Waals surface area (Å²) in [6.07, 6.45) is 2.26. The lowest BCUT2D eigenvalue weighted by molar-refractivity contribution is -0.121. The van der Waals surface area contributed by atoms with E-state index in [1.165, 1.54) is 5.56 Å². The monoisotopic (exact) mass is 470 g/mol. The van der Waals surface area contributed by atoms with E-state index in [-0.39, 0.29) is 11.9 Å². The number of aryl methyl sites for hydroxylation is 1. The molecular weight excluding hydrogens is 443 g/mol. The molecule has 0 unspecified atom stereocenters. The van der Waals surface area contributed by atoms with Crippen molar-refractivity contribution in [1.82, 2.24) is 20.0 Å². The lowest BCUT2D eigenvalue weighted by Crippen LogP contribution is -2.44. The smallest absolute Gasteiger partial charge is 0.224 e. The fourth-order valence-corrected chi connectivity index (χ4v) is 4.54. The summed E-state index contributed by atoms with van der Waals surface area (Å²) >= 11 is 12.0. The highest BCUT2D eigenvalue weighted by atomic mass is 35.5. The predicted octanol–water partition coefficient (Wildman–Crippen LogP) is 5.12. The van der Waals surface area contributed by atoms with Gasteiger partial charge in [0.25, 0.3) is 0 Å². The van der Waals surface area contributed by atoms with Gasteiger partial charge in [0.2, 0.25) is 5.91 Å². The van der Waals surface area contributed by atoms with Gasteiger partial charge in [0.1, 0.15) is 0 Å². The third-order valence-corrected chi connectivity index (χ3v) is 6.63. The van der Waals surface area contributed by atoms with Gasteiger partial charge in [-0.25, -0.2) is 4.68 Å². The molecule has 2 heterocycles. The average Bonchev–Trinajstić information content (AvgIpc) is 3.05. The second-order valence-corrected chi connectivity index (χ2v) is 9.33. The molecule has 1 saturated heterocycles. The summed E-state index contributed by atoms with van der Waals surface area (Å²) in [7, 11) is 0. The highest BCUT2D eigenvalue weighted by Gasteiger charge is 2.22. The SMILES string of the molecule is Cc1nn(-c2ccc(Cl)cc2)c(C)c1CC(=O)NC1CCN(Cc2ccc(Cl)cc2)CC1. The number of halogens is 2. The van der Waals surface area contributed by atoms with E-state index in [2.05, 4.69) is 27.4 Å². The van der Waals surface area contributed by atoms with Gasteiger partial charge in [-0.1, -0.05) is 35.3 Å². The summed E-state index contributed by atoms with van der Waals surface area (Å²) in [5.41, 5.74) is 5.05. The Kier molecular flexibility index (Phi) is 7.19. The van der Waals surface area contributed by atoms with Gasteiger partial charge in [0, 0.05) is 47.0 Å². The van der Waals surface area contributed by atoms with Crippen molar-refractivity contribution < 1.29 is 4.79 Å². The van der Waals surface area contributed by atoms with Crippen LogP contribution in [0.4, 0.5) is 0 Å². The van der Waals surface area contributed by atoms with Crippen LogP contribution < -0.4 is 5.32 Å². The topological polar surface area (TPSA) is 50.2 Å². The van der Waals surface area contributed by atoms with Gasteiger partial charge in [0.15, 0.2) is 0 Å². The average molecular weight is 471 g/mol. The number of carbonyl (C=O) groups is 1. The predicted molar refractivity (Wildman–Crippen MR) is 130 cm³/mol. The quantitative estimate of drug-likeness (QED) is 0.543. The summed E-state index contributed by atoms with van der Waals surface area (Å²) in [5.74, 6) is 0.0583. The van der Waals surface area contributed by atoms with Crippen molar-refractivity contribution in [2.75, 3.05) is 13.1 Å². The van der Waals surface area contributed by atoms with E-state index in [0.29, 0.717) is 11.4 Å². The molecule has 1 fully saturated rings. The number of rotatable bonds is 6. The molecule has 4 rings (SSSR count). The molecule has 1 aliphatic heterocycles. The maximum atomic E-state index is 12.8. The Morgan fingerprint density at radius 2 is 1.59 bits per heavy atom. The first kappa shape index (κ1) is 22.8. The summed E-state index contributed by atoms with van der Waals surface area (Å²) in [6.45, 7) is 6.82. The molecule has 2 aromatic carbocycles. The highest BCUT2D eigenvalue weighted by Crippen LogP contribution is 2.21. The molecule has 0 aliphatic carbocycles. The maximum absolute atomic E-state index is 12.8. The largest absolute Gasteiger partial charge is 0.353 e. The van der Waals surface area contributed by atoms with Crippen molar-refractivity contribution in [1.29, 1.82) is 0 Å². The Labute approximate surface area is 199 Å². The van der Waals surface area contributed by atoms with Gasteiger partial charge in [-0.15, -0.1) is 0 Å². The van der Waals surface area contributed by atoms with E-state index in [1.54, 1.807) is 0 Å². The molecule has 1 aliphatic rings. The van der Waals surface area contributed by atoms with Crippen LogP contribution in [-0.2, 0) is 17.8 Å². The summed E-state index contributed by atoms with van der Waals surface area (Å²) in [6, 6.07) is 15.8. The number of nitrogens with zero attached hydrogens (tertiary/aromatic N) is 3. The number of piperidine rings is 1. The molecule has 7 heteroatoms. The third kappa shape index (κ3) is 5.52. The van der Waals surface area contributed by atoms with E-state index < -0.39 is 0 Å². The first-order valence-corrected chi connectivity index (χ1v) is 11.7. The van der Waals surface area contributed by atoms with E-state index in [0.717, 1.165) is 60.1 Å². The van der Waals surface area contributed by atoms with Crippen LogP contribution in [0.1, 0.15) is 35.4 Å². The number of hydrogen-bond acceptors (Lipinski definition) is 3. The first-order valence-electron chi connectivity index (χ1n) is 11.0. The molecule has 168 valence electrons. The second-order valence-electron chi connectivity index (χ2n) is 8.46. The third-order valence-electron chi connectivity index (χ3n) is 6.12. The van der Waals surface area contributed by atoms with E-state index in [1.807, 2.05) is 54.9 Å². The Hall–Kier alpha value is -2.34. The summed E-state index contributed by atoms with van der Waals surface area (Å²) < 4.78 is 1.88. The molecule has 0 radical (unpaired) electrons. The molecule has 0 atom stereocenters. The first-order chi connectivity index (χ1) is 15.4. The second kappa shape index (κ2) is 10.1. The van der Waals surface area contributed by atoms with Crippen LogP contribution in [0.2, 0.25) is 10.0 Å². The number of nitrogens with one attached hydrogen (secondary N) is 1. The Balaban J connectivity index is 1.31. The summed E-state index contributed by atoms with van der Waals surface area (Å²) in [4.78, 5) is 15.2. The molecule has 0 spiro atoms. The van der Waals surface area contributed by atoms with Gasteiger partial charge in [-0.2, -0.15) is 5.10 Å². The van der Waals surface area contributed by atoms with Crippen molar-refractivity contribution in [3.63, 3.8) is 0 Å². The zero-order valence-corrected chi connectivity index (χ0v) is 20.0. The van der Waals surface area contributed by atoms with Crippen molar-refractivity contribution in [3.05, 3.63) is 81.1 Å². The van der Waals surface area contributed by atoms with Crippen LogP contribution in [0.25, 0.3) is 5.69 Å². The van der Waals surface area contributed by atoms with Crippen molar-refractivity contribution in [2.45, 2.75) is 45.7 Å². The number of hydrogen-bond donors (Lipinski definition) is 1. The zero-order valence-electron chi connectivity index (χ0n) is 18.4. The number of aromatic nitrogens is 2. The molecule has 3 aromatic rings. The zero-order chi connectivity index (χ0) is 22.7. The minimum atomic E-state index is 0.0583. The van der Waals surface area contributed by atoms with E-state index in [9.17, 15) is 4.79 Å². The minimum Gasteiger partial charge on any atom is -0.353 e. The molecule has 32 heavy (non-hydrogen) atoms. The van der Waals surface area contributed by atoms with Gasteiger partial charge in [-0.3, -0.25) is 9.69 Å². The van der Waals surface area contributed by atoms with Gasteiger partial charge in [0.05, 0.1) is 17.8 Å². The van der Waals surface area contributed by atoms with E-state index >= 15 is 0 Å². The molecule has 1 aromatic heterocycles. The van der Waals surface area contributed by atoms with Crippen molar-refractivity contribution in [2.24, 2.45) is 0 Å². The van der Waals surface area contributed by atoms with Crippen LogP contribution in [0.3, 0.4) is 0 Å². The van der Waals surface area contributed by atoms with E-state index in [4.69, 9.17) is 23.2 Å². The van der Waals surface area contributed by atoms with Crippen molar-refractivity contribution in [3.8, 4) is 5.69 Å². The van der Waals surface area contributed by atoms with Crippen LogP contribution in [-0.4, -0.2) is 39.7 Å². The van der Waals surface area contributed by atoms with Gasteiger partial charge >= 0.3 is 0 Å². The van der Waals surface area contributed by atoms with Crippen molar-refractivity contribution >= 4 is 29.1 Å². The molecule has 5 nitrogen and oxygen atoms in total. The van der Waals surface area contributed by atoms with Crippen LogP contribution in [0.15, 0.2) is 48.5 Å². The van der Waals surface area contributed by atoms with Crippen LogP contribution in [0.5, 0.6) is 0 Å². The minimum absolute atomic E-state index is 0.0583. The molecular formula is C25H28Cl2N4O. The fourth-order valence-electron chi connectivity index (χ4n) is 4.29.